The summed E-state index contributed by atoms with van der Waals surface area (Å²) in [4.78, 5) is 25.1. The van der Waals surface area contributed by atoms with Gasteiger partial charge >= 0.3 is 5.97 Å². The second-order valence-corrected chi connectivity index (χ2v) is 5.95. The number of rotatable bonds is 3. The number of carbonyl (C=O) groups is 2. The van der Waals surface area contributed by atoms with E-state index < -0.39 is 35.5 Å². The molecular formula is C16H17F2NO4. The molecule has 3 unspecified atom stereocenters. The third-order valence-electron chi connectivity index (χ3n) is 4.60. The highest BCUT2D eigenvalue weighted by atomic mass is 19.2. The lowest BCUT2D eigenvalue weighted by molar-refractivity contribution is -0.160. The van der Waals surface area contributed by atoms with Crippen LogP contribution in [0.25, 0.3) is 0 Å². The van der Waals surface area contributed by atoms with Crippen molar-refractivity contribution < 1.29 is 28.2 Å². The van der Waals surface area contributed by atoms with Gasteiger partial charge in [0.25, 0.3) is 0 Å². The summed E-state index contributed by atoms with van der Waals surface area (Å²) in [6.07, 6.45) is 0.553. The summed E-state index contributed by atoms with van der Waals surface area (Å²) in [5.74, 6) is -4.14. The number of benzene rings is 1. The summed E-state index contributed by atoms with van der Waals surface area (Å²) >= 11 is 0. The normalized spacial score (nSPS) is 27.4. The van der Waals surface area contributed by atoms with Gasteiger partial charge in [-0.15, -0.1) is 0 Å². The van der Waals surface area contributed by atoms with Crippen LogP contribution >= 0.6 is 0 Å². The van der Waals surface area contributed by atoms with E-state index in [1.807, 2.05) is 0 Å². The van der Waals surface area contributed by atoms with E-state index in [0.717, 1.165) is 12.1 Å². The Hall–Kier alpha value is -2.02. The van der Waals surface area contributed by atoms with Crippen molar-refractivity contribution in [3.63, 3.8) is 0 Å². The fraction of sp³-hybridized carbons (Fsp3) is 0.500. The zero-order chi connectivity index (χ0) is 16.6. The lowest BCUT2D eigenvalue weighted by Crippen LogP contribution is -2.50. The molecule has 1 saturated carbocycles. The van der Waals surface area contributed by atoms with Crippen molar-refractivity contribution in [2.75, 3.05) is 19.7 Å². The first-order chi connectivity index (χ1) is 11.0. The van der Waals surface area contributed by atoms with Crippen molar-refractivity contribution in [1.29, 1.82) is 0 Å². The van der Waals surface area contributed by atoms with Crippen LogP contribution < -0.4 is 0 Å². The third kappa shape index (κ3) is 3.06. The summed E-state index contributed by atoms with van der Waals surface area (Å²) < 4.78 is 31.9. The van der Waals surface area contributed by atoms with Crippen molar-refractivity contribution in [2.45, 2.75) is 18.9 Å². The Morgan fingerprint density at radius 2 is 1.91 bits per heavy atom. The molecule has 1 heterocycles. The van der Waals surface area contributed by atoms with Crippen molar-refractivity contribution in [3.8, 4) is 0 Å². The quantitative estimate of drug-likeness (QED) is 0.923. The van der Waals surface area contributed by atoms with E-state index in [1.54, 1.807) is 4.90 Å². The van der Waals surface area contributed by atoms with Crippen molar-refractivity contribution in [1.82, 2.24) is 4.90 Å². The standard InChI is InChI=1S/C16H17F2NO4/c17-12-4-1-9(7-13(12)18)14-8-19(5-6-23-14)15(20)10-2-3-11(10)16(21)22/h1,4,7,10-11,14H,2-3,5-6,8H2,(H,21,22). The van der Waals surface area contributed by atoms with E-state index in [2.05, 4.69) is 0 Å². The zero-order valence-corrected chi connectivity index (χ0v) is 12.4. The van der Waals surface area contributed by atoms with Crippen LogP contribution in [0.3, 0.4) is 0 Å². The molecule has 1 aliphatic carbocycles. The molecule has 5 nitrogen and oxygen atoms in total. The predicted octanol–water partition coefficient (Wildman–Crippen LogP) is 1.98. The van der Waals surface area contributed by atoms with E-state index in [1.165, 1.54) is 6.07 Å². The van der Waals surface area contributed by atoms with Crippen molar-refractivity contribution >= 4 is 11.9 Å². The third-order valence-corrected chi connectivity index (χ3v) is 4.60. The molecule has 0 spiro atoms. The number of ether oxygens (including phenoxy) is 1. The Morgan fingerprint density at radius 1 is 1.17 bits per heavy atom. The van der Waals surface area contributed by atoms with E-state index in [9.17, 15) is 18.4 Å². The van der Waals surface area contributed by atoms with Crippen LogP contribution in [0.5, 0.6) is 0 Å². The van der Waals surface area contributed by atoms with Gasteiger partial charge in [0.15, 0.2) is 11.6 Å². The van der Waals surface area contributed by atoms with E-state index in [0.29, 0.717) is 24.9 Å². The SMILES string of the molecule is O=C(O)C1CCC1C(=O)N1CCOC(c2ccc(F)c(F)c2)C1. The lowest BCUT2D eigenvalue weighted by Gasteiger charge is -2.39. The number of carbonyl (C=O) groups excluding carboxylic acids is 1. The molecule has 3 atom stereocenters. The largest absolute Gasteiger partial charge is 0.481 e. The predicted molar refractivity (Wildman–Crippen MR) is 75.5 cm³/mol. The van der Waals surface area contributed by atoms with Gasteiger partial charge in [0.2, 0.25) is 5.91 Å². The zero-order valence-electron chi connectivity index (χ0n) is 12.4. The maximum Gasteiger partial charge on any atom is 0.307 e. The van der Waals surface area contributed by atoms with Crippen LogP contribution in [0.15, 0.2) is 18.2 Å². The fourth-order valence-electron chi connectivity index (χ4n) is 3.09. The van der Waals surface area contributed by atoms with E-state index in [4.69, 9.17) is 9.84 Å². The Bertz CT molecular complexity index is 637. The lowest BCUT2D eigenvalue weighted by atomic mass is 9.73. The molecule has 1 aromatic carbocycles. The van der Waals surface area contributed by atoms with Gasteiger partial charge in [0, 0.05) is 6.54 Å². The minimum Gasteiger partial charge on any atom is -0.481 e. The van der Waals surface area contributed by atoms with Gasteiger partial charge in [-0.2, -0.15) is 0 Å². The molecule has 1 amide bonds. The molecule has 0 radical (unpaired) electrons. The van der Waals surface area contributed by atoms with Crippen LogP contribution in [0.4, 0.5) is 8.78 Å². The van der Waals surface area contributed by atoms with Crippen LogP contribution in [0.2, 0.25) is 0 Å². The van der Waals surface area contributed by atoms with Crippen LogP contribution in [0, 0.1) is 23.5 Å². The van der Waals surface area contributed by atoms with Gasteiger partial charge < -0.3 is 14.7 Å². The molecule has 2 aliphatic rings. The molecule has 0 aromatic heterocycles. The molecule has 1 N–H and O–H groups in total. The summed E-state index contributed by atoms with van der Waals surface area (Å²) in [5, 5.41) is 9.06. The highest BCUT2D eigenvalue weighted by molar-refractivity contribution is 5.86. The first-order valence-electron chi connectivity index (χ1n) is 7.55. The number of nitrogens with zero attached hydrogens (tertiary/aromatic N) is 1. The van der Waals surface area contributed by atoms with Crippen LogP contribution in [0.1, 0.15) is 24.5 Å². The van der Waals surface area contributed by atoms with E-state index >= 15 is 0 Å². The average Bonchev–Trinajstić information content (AvgIpc) is 2.48. The maximum absolute atomic E-state index is 13.3. The minimum atomic E-state index is -0.959. The second-order valence-electron chi connectivity index (χ2n) is 5.95. The van der Waals surface area contributed by atoms with Crippen molar-refractivity contribution in [2.24, 2.45) is 11.8 Å². The van der Waals surface area contributed by atoms with Crippen molar-refractivity contribution in [3.05, 3.63) is 35.4 Å². The monoisotopic (exact) mass is 325 g/mol. The molecule has 2 fully saturated rings. The second kappa shape index (κ2) is 6.23. The Morgan fingerprint density at radius 3 is 2.52 bits per heavy atom. The van der Waals surface area contributed by atoms with Crippen LogP contribution in [-0.4, -0.2) is 41.6 Å². The smallest absolute Gasteiger partial charge is 0.307 e. The first-order valence-corrected chi connectivity index (χ1v) is 7.55. The topological polar surface area (TPSA) is 66.8 Å². The first kappa shape index (κ1) is 15.9. The maximum atomic E-state index is 13.3. The molecule has 1 saturated heterocycles. The average molecular weight is 325 g/mol. The van der Waals surface area contributed by atoms with Crippen LogP contribution in [-0.2, 0) is 14.3 Å². The number of morpholine rings is 1. The number of hydrogen-bond acceptors (Lipinski definition) is 3. The molecule has 3 rings (SSSR count). The minimum absolute atomic E-state index is 0.195. The number of carboxylic acids is 1. The summed E-state index contributed by atoms with van der Waals surface area (Å²) in [6, 6.07) is 3.53. The van der Waals surface area contributed by atoms with Gasteiger partial charge in [0.1, 0.15) is 6.10 Å². The fourth-order valence-corrected chi connectivity index (χ4v) is 3.09. The molecule has 1 aromatic rings. The number of amides is 1. The van der Waals surface area contributed by atoms with Gasteiger partial charge in [-0.05, 0) is 30.5 Å². The van der Waals surface area contributed by atoms with E-state index in [-0.39, 0.29) is 19.1 Å². The molecule has 124 valence electrons. The molecule has 7 heteroatoms. The number of carboxylic acid groups (broad SMARTS) is 1. The van der Waals surface area contributed by atoms with Gasteiger partial charge in [-0.1, -0.05) is 6.07 Å². The summed E-state index contributed by atoms with van der Waals surface area (Å²) in [6.45, 7) is 0.869. The highest BCUT2D eigenvalue weighted by Gasteiger charge is 2.44. The molecule has 23 heavy (non-hydrogen) atoms. The van der Waals surface area contributed by atoms with Gasteiger partial charge in [0.05, 0.1) is 25.0 Å². The summed E-state index contributed by atoms with van der Waals surface area (Å²) in [5.41, 5.74) is 0.463. The Kier molecular flexibility index (Phi) is 4.30. The van der Waals surface area contributed by atoms with Gasteiger partial charge in [-0.3, -0.25) is 9.59 Å². The molecular weight excluding hydrogens is 308 g/mol. The highest BCUT2D eigenvalue weighted by Crippen LogP contribution is 2.37. The number of aliphatic carboxylic acids is 1. The molecule has 0 bridgehead atoms. The summed E-state index contributed by atoms with van der Waals surface area (Å²) in [7, 11) is 0. The Labute approximate surface area is 131 Å². The number of hydrogen-bond donors (Lipinski definition) is 1. The molecule has 1 aliphatic heterocycles. The number of halogens is 2. The Balaban J connectivity index is 1.69. The van der Waals surface area contributed by atoms with Gasteiger partial charge in [-0.25, -0.2) is 8.78 Å².